The lowest BCUT2D eigenvalue weighted by Crippen LogP contribution is -2.44. The first-order chi connectivity index (χ1) is 15.2. The number of ether oxygens (including phenoxy) is 4. The van der Waals surface area contributed by atoms with Crippen molar-refractivity contribution in [3.8, 4) is 0 Å². The molecule has 0 aliphatic carbocycles. The molecule has 0 aromatic rings. The summed E-state index contributed by atoms with van der Waals surface area (Å²) in [6.07, 6.45) is 1.56. The Labute approximate surface area is 194 Å². The van der Waals surface area contributed by atoms with Crippen molar-refractivity contribution in [3.05, 3.63) is 0 Å². The van der Waals surface area contributed by atoms with Gasteiger partial charge in [0.2, 0.25) is 11.8 Å². The van der Waals surface area contributed by atoms with Crippen LogP contribution in [0.3, 0.4) is 0 Å². The molecule has 0 spiro atoms. The molecule has 1 fully saturated rings. The van der Waals surface area contributed by atoms with Gasteiger partial charge in [-0.2, -0.15) is 0 Å². The molecule has 8 heteroatoms. The van der Waals surface area contributed by atoms with Crippen molar-refractivity contribution in [3.63, 3.8) is 0 Å². The Morgan fingerprint density at radius 3 is 1.03 bits per heavy atom. The van der Waals surface area contributed by atoms with Crippen molar-refractivity contribution >= 4 is 11.8 Å². The van der Waals surface area contributed by atoms with Gasteiger partial charge in [0.25, 0.3) is 0 Å². The summed E-state index contributed by atoms with van der Waals surface area (Å²) >= 11 is 0. The minimum atomic E-state index is -0.404. The Hall–Kier alpha value is -1.22. The van der Waals surface area contributed by atoms with Crippen LogP contribution in [-0.2, 0) is 28.5 Å². The molecule has 1 aliphatic rings. The second-order valence-electron chi connectivity index (χ2n) is 9.51. The lowest BCUT2D eigenvalue weighted by Gasteiger charge is -2.32. The van der Waals surface area contributed by atoms with Crippen molar-refractivity contribution < 1.29 is 28.5 Å². The Morgan fingerprint density at radius 2 is 0.812 bits per heavy atom. The number of carbonyl (C=O) groups is 2. The third-order valence-electron chi connectivity index (χ3n) is 6.27. The van der Waals surface area contributed by atoms with Crippen LogP contribution in [0, 0.1) is 10.8 Å². The van der Waals surface area contributed by atoms with Gasteiger partial charge in [0.1, 0.15) is 0 Å². The molecule has 0 aromatic carbocycles. The summed E-state index contributed by atoms with van der Waals surface area (Å²) in [7, 11) is 0. The van der Waals surface area contributed by atoms with Gasteiger partial charge < -0.3 is 28.7 Å². The van der Waals surface area contributed by atoms with E-state index in [4.69, 9.17) is 18.9 Å². The fourth-order valence-electron chi connectivity index (χ4n) is 3.13. The van der Waals surface area contributed by atoms with E-state index in [1.54, 1.807) is 0 Å². The summed E-state index contributed by atoms with van der Waals surface area (Å²) in [5, 5.41) is 0. The van der Waals surface area contributed by atoms with Crippen molar-refractivity contribution in [2.24, 2.45) is 10.8 Å². The zero-order valence-electron chi connectivity index (χ0n) is 21.2. The number of rotatable bonds is 4. The summed E-state index contributed by atoms with van der Waals surface area (Å²) in [6, 6.07) is 0. The second kappa shape index (κ2) is 14.8. The van der Waals surface area contributed by atoms with E-state index in [1.807, 2.05) is 51.3 Å². The Kier molecular flexibility index (Phi) is 13.4. The monoisotopic (exact) mass is 458 g/mol. The van der Waals surface area contributed by atoms with Crippen LogP contribution in [0.2, 0.25) is 0 Å². The molecule has 0 saturated carbocycles. The van der Waals surface area contributed by atoms with Gasteiger partial charge in [-0.1, -0.05) is 41.5 Å². The largest absolute Gasteiger partial charge is 0.377 e. The summed E-state index contributed by atoms with van der Waals surface area (Å²) in [5.74, 6) is 0.239. The van der Waals surface area contributed by atoms with Gasteiger partial charge >= 0.3 is 0 Å². The van der Waals surface area contributed by atoms with Crippen LogP contribution in [0.4, 0.5) is 0 Å². The van der Waals surface area contributed by atoms with Gasteiger partial charge in [-0.05, 0) is 12.8 Å². The van der Waals surface area contributed by atoms with Gasteiger partial charge in [-0.25, -0.2) is 0 Å². The van der Waals surface area contributed by atoms with Crippen molar-refractivity contribution in [1.82, 2.24) is 9.80 Å². The first-order valence-electron chi connectivity index (χ1n) is 12.1. The molecule has 0 N–H and O–H groups in total. The topological polar surface area (TPSA) is 77.5 Å². The molecule has 0 radical (unpaired) electrons. The zero-order chi connectivity index (χ0) is 24.0. The van der Waals surface area contributed by atoms with E-state index in [-0.39, 0.29) is 11.8 Å². The molecule has 0 atom stereocenters. The zero-order valence-corrected chi connectivity index (χ0v) is 21.2. The van der Waals surface area contributed by atoms with E-state index in [2.05, 4.69) is 0 Å². The first kappa shape index (κ1) is 28.8. The Balaban J connectivity index is 2.62. The second-order valence-corrected chi connectivity index (χ2v) is 9.51. The highest BCUT2D eigenvalue weighted by Gasteiger charge is 2.31. The minimum Gasteiger partial charge on any atom is -0.377 e. The highest BCUT2D eigenvalue weighted by Crippen LogP contribution is 2.23. The first-order valence-corrected chi connectivity index (χ1v) is 12.1. The molecule has 1 aliphatic heterocycles. The molecule has 0 bridgehead atoms. The highest BCUT2D eigenvalue weighted by molar-refractivity contribution is 5.82. The maximum atomic E-state index is 12.9. The molecule has 2 amide bonds. The van der Waals surface area contributed by atoms with E-state index in [0.29, 0.717) is 79.0 Å². The van der Waals surface area contributed by atoms with Gasteiger partial charge in [0.15, 0.2) is 0 Å². The molecule has 1 rings (SSSR count). The van der Waals surface area contributed by atoms with Crippen LogP contribution in [-0.4, -0.2) is 101 Å². The SMILES string of the molecule is CCC(C)(C)C(=O)N1CCOCCOCCN(C(=O)C(C)(C)CC)CCOCCOCC1. The molecule has 32 heavy (non-hydrogen) atoms. The van der Waals surface area contributed by atoms with E-state index < -0.39 is 10.8 Å². The predicted molar refractivity (Wildman–Crippen MR) is 125 cm³/mol. The number of carbonyl (C=O) groups excluding carboxylic acids is 2. The average molecular weight is 459 g/mol. The summed E-state index contributed by atoms with van der Waals surface area (Å²) < 4.78 is 22.8. The van der Waals surface area contributed by atoms with Crippen LogP contribution in [0.15, 0.2) is 0 Å². The van der Waals surface area contributed by atoms with Gasteiger partial charge in [-0.3, -0.25) is 9.59 Å². The number of hydrogen-bond acceptors (Lipinski definition) is 6. The summed E-state index contributed by atoms with van der Waals surface area (Å²) in [5.41, 5.74) is -0.808. The molecule has 1 heterocycles. The third kappa shape index (κ3) is 10.1. The van der Waals surface area contributed by atoms with Crippen molar-refractivity contribution in [2.75, 3.05) is 79.0 Å². The Morgan fingerprint density at radius 1 is 0.562 bits per heavy atom. The molecule has 0 unspecified atom stereocenters. The van der Waals surface area contributed by atoms with Crippen LogP contribution in [0.25, 0.3) is 0 Å². The van der Waals surface area contributed by atoms with E-state index in [9.17, 15) is 9.59 Å². The van der Waals surface area contributed by atoms with Gasteiger partial charge in [-0.15, -0.1) is 0 Å². The van der Waals surface area contributed by atoms with Gasteiger partial charge in [0.05, 0.1) is 52.9 Å². The number of hydrogen-bond donors (Lipinski definition) is 0. The Bertz CT molecular complexity index is 485. The molecule has 188 valence electrons. The minimum absolute atomic E-state index is 0.119. The predicted octanol–water partition coefficient (Wildman–Crippen LogP) is 2.60. The normalized spacial score (nSPS) is 19.8. The smallest absolute Gasteiger partial charge is 0.228 e. The number of nitrogens with zero attached hydrogens (tertiary/aromatic N) is 2. The van der Waals surface area contributed by atoms with Crippen LogP contribution < -0.4 is 0 Å². The van der Waals surface area contributed by atoms with Crippen LogP contribution >= 0.6 is 0 Å². The van der Waals surface area contributed by atoms with Crippen LogP contribution in [0.5, 0.6) is 0 Å². The standard InChI is InChI=1S/C24H46N2O6/c1-7-23(3,4)21(27)25-9-13-29-17-19-31-15-11-26(22(28)24(5,6)8-2)12-16-32-20-18-30-14-10-25/h7-20H2,1-6H3. The van der Waals surface area contributed by atoms with E-state index >= 15 is 0 Å². The fourth-order valence-corrected chi connectivity index (χ4v) is 3.13. The third-order valence-corrected chi connectivity index (χ3v) is 6.27. The molecular weight excluding hydrogens is 412 g/mol. The maximum absolute atomic E-state index is 12.9. The molecule has 1 saturated heterocycles. The highest BCUT2D eigenvalue weighted by atomic mass is 16.5. The van der Waals surface area contributed by atoms with Crippen molar-refractivity contribution in [1.29, 1.82) is 0 Å². The average Bonchev–Trinajstić information content (AvgIpc) is 2.77. The fraction of sp³-hybridized carbons (Fsp3) is 0.917. The van der Waals surface area contributed by atoms with Crippen molar-refractivity contribution in [2.45, 2.75) is 54.4 Å². The van der Waals surface area contributed by atoms with E-state index in [0.717, 1.165) is 12.8 Å². The quantitative estimate of drug-likeness (QED) is 0.645. The summed E-state index contributed by atoms with van der Waals surface area (Å²) in [6.45, 7) is 17.7. The number of amides is 2. The van der Waals surface area contributed by atoms with E-state index in [1.165, 1.54) is 0 Å². The lowest BCUT2D eigenvalue weighted by molar-refractivity contribution is -0.143. The molecule has 8 nitrogen and oxygen atoms in total. The molecular formula is C24H46N2O6. The van der Waals surface area contributed by atoms with Gasteiger partial charge in [0, 0.05) is 37.0 Å². The van der Waals surface area contributed by atoms with Crippen LogP contribution in [0.1, 0.15) is 54.4 Å². The molecule has 0 aromatic heterocycles. The summed E-state index contributed by atoms with van der Waals surface area (Å²) in [4.78, 5) is 29.4. The maximum Gasteiger partial charge on any atom is 0.228 e. The lowest BCUT2D eigenvalue weighted by atomic mass is 9.88.